The van der Waals surface area contributed by atoms with Gasteiger partial charge in [-0.1, -0.05) is 0 Å². The van der Waals surface area contributed by atoms with E-state index >= 15 is 0 Å². The number of hydrogen-bond acceptors (Lipinski definition) is 3. The van der Waals surface area contributed by atoms with E-state index in [-0.39, 0.29) is 0 Å². The molecular weight excluding hydrogens is 113 g/mol. The Hall–Kier alpha value is 0.310. The van der Waals surface area contributed by atoms with Crippen molar-refractivity contribution in [3.63, 3.8) is 0 Å². The lowest BCUT2D eigenvalue weighted by Crippen LogP contribution is -1.94. The largest absolute Gasteiger partial charge is 0.326 e. The zero-order valence-corrected chi connectivity index (χ0v) is 5.44. The van der Waals surface area contributed by atoms with Crippen LogP contribution in [0.4, 0.5) is 0 Å². The molecule has 0 saturated heterocycles. The first-order valence-corrected chi connectivity index (χ1v) is 3.27. The summed E-state index contributed by atoms with van der Waals surface area (Å²) in [5.74, 6) is 0. The normalized spacial score (nSPS) is 14.1. The second kappa shape index (κ2) is 4.47. The molecule has 3 nitrogen and oxygen atoms in total. The zero-order valence-electron chi connectivity index (χ0n) is 4.55. The summed E-state index contributed by atoms with van der Waals surface area (Å²) in [6.45, 7) is 2.50. The molecule has 0 amide bonds. The molecule has 0 heterocycles. The van der Waals surface area contributed by atoms with Gasteiger partial charge < -0.3 is 9.05 Å². The highest BCUT2D eigenvalue weighted by atomic mass is 31.2. The summed E-state index contributed by atoms with van der Waals surface area (Å²) in [4.78, 5) is 0. The van der Waals surface area contributed by atoms with Gasteiger partial charge in [0.1, 0.15) is 0 Å². The monoisotopic (exact) mass is 123 g/mol. The lowest BCUT2D eigenvalue weighted by molar-refractivity contribution is 0.299. The van der Waals surface area contributed by atoms with Crippen molar-refractivity contribution in [1.29, 1.82) is 0 Å². The van der Waals surface area contributed by atoms with E-state index in [1.165, 1.54) is 7.11 Å². The van der Waals surface area contributed by atoms with Gasteiger partial charge in [-0.2, -0.15) is 0 Å². The van der Waals surface area contributed by atoms with Crippen LogP contribution >= 0.6 is 8.53 Å². The standard InChI is InChI=1S/C3H10NO2P/c1-3-6-7(4)5-2/h3-4H2,1-2H3. The molecule has 44 valence electrons. The van der Waals surface area contributed by atoms with E-state index in [4.69, 9.17) is 10.0 Å². The topological polar surface area (TPSA) is 44.5 Å². The molecule has 2 N–H and O–H groups in total. The van der Waals surface area contributed by atoms with Crippen LogP contribution in [-0.2, 0) is 9.05 Å². The molecule has 0 rings (SSSR count). The van der Waals surface area contributed by atoms with Gasteiger partial charge in [0.05, 0.1) is 6.61 Å². The van der Waals surface area contributed by atoms with Gasteiger partial charge in [-0.05, 0) is 6.92 Å². The van der Waals surface area contributed by atoms with Crippen LogP contribution in [0.5, 0.6) is 0 Å². The van der Waals surface area contributed by atoms with Crippen molar-refractivity contribution in [2.45, 2.75) is 6.92 Å². The Kier molecular flexibility index (Phi) is 4.67. The lowest BCUT2D eigenvalue weighted by atomic mass is 10.9. The van der Waals surface area contributed by atoms with E-state index in [2.05, 4.69) is 4.52 Å². The minimum Gasteiger partial charge on any atom is -0.326 e. The summed E-state index contributed by atoms with van der Waals surface area (Å²) in [5, 5.41) is 0. The SMILES string of the molecule is CCOP(N)OC. The van der Waals surface area contributed by atoms with Crippen molar-refractivity contribution in [1.82, 2.24) is 0 Å². The van der Waals surface area contributed by atoms with Crippen LogP contribution < -0.4 is 5.50 Å². The Bertz CT molecular complexity index is 43.9. The Labute approximate surface area is 44.8 Å². The third-order valence-electron chi connectivity index (χ3n) is 0.436. The molecule has 0 aromatic rings. The summed E-state index contributed by atoms with van der Waals surface area (Å²) in [6, 6.07) is 0. The van der Waals surface area contributed by atoms with Gasteiger partial charge in [0, 0.05) is 7.11 Å². The fraction of sp³-hybridized carbons (Fsp3) is 1.00. The van der Waals surface area contributed by atoms with E-state index < -0.39 is 8.53 Å². The summed E-state index contributed by atoms with van der Waals surface area (Å²) < 4.78 is 9.42. The minimum atomic E-state index is -1.08. The predicted molar refractivity (Wildman–Crippen MR) is 29.7 cm³/mol. The maximum Gasteiger partial charge on any atom is 0.252 e. The van der Waals surface area contributed by atoms with E-state index in [0.717, 1.165) is 0 Å². The molecule has 1 unspecified atom stereocenters. The van der Waals surface area contributed by atoms with E-state index in [1.54, 1.807) is 0 Å². The molecule has 0 bridgehead atoms. The summed E-state index contributed by atoms with van der Waals surface area (Å²) >= 11 is 0. The fourth-order valence-corrected chi connectivity index (χ4v) is 0.540. The first-order valence-electron chi connectivity index (χ1n) is 2.03. The van der Waals surface area contributed by atoms with Crippen LogP contribution in [-0.4, -0.2) is 13.7 Å². The molecule has 0 aromatic carbocycles. The molecule has 4 heteroatoms. The van der Waals surface area contributed by atoms with E-state index in [1.807, 2.05) is 6.92 Å². The Balaban J connectivity index is 2.83. The highest BCUT2D eigenvalue weighted by Gasteiger charge is 1.94. The third kappa shape index (κ3) is 4.16. The summed E-state index contributed by atoms with van der Waals surface area (Å²) in [5.41, 5.74) is 5.20. The van der Waals surface area contributed by atoms with Crippen molar-refractivity contribution >= 4 is 8.53 Å². The van der Waals surface area contributed by atoms with Crippen LogP contribution in [0.3, 0.4) is 0 Å². The van der Waals surface area contributed by atoms with Crippen LogP contribution in [0.25, 0.3) is 0 Å². The van der Waals surface area contributed by atoms with Crippen LogP contribution in [0.2, 0.25) is 0 Å². The molecule has 0 aliphatic rings. The molecule has 0 fully saturated rings. The molecule has 0 saturated carbocycles. The van der Waals surface area contributed by atoms with Gasteiger partial charge in [0.15, 0.2) is 0 Å². The maximum atomic E-state index is 5.20. The average Bonchev–Trinajstić information content (AvgIpc) is 1.68. The molecule has 0 aliphatic heterocycles. The van der Waals surface area contributed by atoms with Crippen molar-refractivity contribution in [2.24, 2.45) is 5.50 Å². The van der Waals surface area contributed by atoms with Gasteiger partial charge in [-0.15, -0.1) is 0 Å². The minimum absolute atomic E-state index is 0.621. The fourth-order valence-electron chi connectivity index (χ4n) is 0.180. The third-order valence-corrected chi connectivity index (χ3v) is 1.31. The smallest absolute Gasteiger partial charge is 0.252 e. The first-order chi connectivity index (χ1) is 3.31. The molecule has 7 heavy (non-hydrogen) atoms. The molecule has 0 spiro atoms. The van der Waals surface area contributed by atoms with Gasteiger partial charge in [0.25, 0.3) is 8.53 Å². The van der Waals surface area contributed by atoms with Crippen molar-refractivity contribution < 1.29 is 9.05 Å². The second-order valence-corrected chi connectivity index (χ2v) is 2.08. The maximum absolute atomic E-state index is 5.20. The van der Waals surface area contributed by atoms with E-state index in [9.17, 15) is 0 Å². The van der Waals surface area contributed by atoms with Crippen LogP contribution in [0.1, 0.15) is 6.92 Å². The molecule has 0 aromatic heterocycles. The number of rotatable bonds is 3. The molecule has 0 radical (unpaired) electrons. The Morgan fingerprint density at radius 3 is 2.43 bits per heavy atom. The highest BCUT2D eigenvalue weighted by molar-refractivity contribution is 7.44. The molecule has 0 aliphatic carbocycles. The number of hydrogen-bond donors (Lipinski definition) is 1. The average molecular weight is 123 g/mol. The highest BCUT2D eigenvalue weighted by Crippen LogP contribution is 2.25. The molecule has 1 atom stereocenters. The second-order valence-electron chi connectivity index (χ2n) is 0.886. The van der Waals surface area contributed by atoms with Gasteiger partial charge in [-0.25, -0.2) is 0 Å². The van der Waals surface area contributed by atoms with Crippen molar-refractivity contribution in [3.8, 4) is 0 Å². The van der Waals surface area contributed by atoms with E-state index in [0.29, 0.717) is 6.61 Å². The Morgan fingerprint density at radius 1 is 1.71 bits per heavy atom. The summed E-state index contributed by atoms with van der Waals surface area (Å²) in [7, 11) is 0.451. The molecular formula is C3H10NO2P. The van der Waals surface area contributed by atoms with Gasteiger partial charge in [-0.3, -0.25) is 5.50 Å². The van der Waals surface area contributed by atoms with Gasteiger partial charge in [0.2, 0.25) is 0 Å². The van der Waals surface area contributed by atoms with Crippen LogP contribution in [0.15, 0.2) is 0 Å². The summed E-state index contributed by atoms with van der Waals surface area (Å²) in [6.07, 6.45) is 0. The van der Waals surface area contributed by atoms with Crippen molar-refractivity contribution in [3.05, 3.63) is 0 Å². The van der Waals surface area contributed by atoms with Gasteiger partial charge >= 0.3 is 0 Å². The van der Waals surface area contributed by atoms with Crippen LogP contribution in [0, 0.1) is 0 Å². The lowest BCUT2D eigenvalue weighted by Gasteiger charge is -2.04. The predicted octanol–water partition coefficient (Wildman–Crippen LogP) is 0.855. The zero-order chi connectivity index (χ0) is 5.70. The van der Waals surface area contributed by atoms with Crippen molar-refractivity contribution in [2.75, 3.05) is 13.7 Å². The first kappa shape index (κ1) is 7.31. The Morgan fingerprint density at radius 2 is 2.29 bits per heavy atom. The quantitative estimate of drug-likeness (QED) is 0.566. The number of nitrogens with two attached hydrogens (primary N) is 1.